The van der Waals surface area contributed by atoms with Crippen molar-refractivity contribution in [3.63, 3.8) is 0 Å². The highest BCUT2D eigenvalue weighted by Crippen LogP contribution is 2.35. The molecule has 0 bridgehead atoms. The van der Waals surface area contributed by atoms with Crippen molar-refractivity contribution in [3.8, 4) is 0 Å². The number of carbonyl (C=O) groups excluding carboxylic acids is 1. The number of esters is 1. The maximum atomic E-state index is 12.2. The van der Waals surface area contributed by atoms with Gasteiger partial charge >= 0.3 is 5.97 Å². The molecule has 1 N–H and O–H groups in total. The zero-order valence-corrected chi connectivity index (χ0v) is 16.3. The number of ether oxygens (including phenoxy) is 2. The summed E-state index contributed by atoms with van der Waals surface area (Å²) in [5.41, 5.74) is 4.24. The van der Waals surface area contributed by atoms with Gasteiger partial charge in [0.25, 0.3) is 0 Å². The summed E-state index contributed by atoms with van der Waals surface area (Å²) in [6.07, 6.45) is 3.70. The summed E-state index contributed by atoms with van der Waals surface area (Å²) in [4.78, 5) is 12.2. The van der Waals surface area contributed by atoms with Gasteiger partial charge in [-0.3, -0.25) is 4.79 Å². The molecular weight excluding hydrogens is 316 g/mol. The van der Waals surface area contributed by atoms with Crippen molar-refractivity contribution >= 4 is 5.97 Å². The van der Waals surface area contributed by atoms with Gasteiger partial charge in [-0.25, -0.2) is 0 Å². The van der Waals surface area contributed by atoms with E-state index in [4.69, 9.17) is 9.47 Å². The molecule has 1 aliphatic heterocycles. The van der Waals surface area contributed by atoms with Gasteiger partial charge in [0, 0.05) is 6.42 Å². The summed E-state index contributed by atoms with van der Waals surface area (Å²) in [5, 5.41) is 10.1. The van der Waals surface area contributed by atoms with Crippen LogP contribution < -0.4 is 0 Å². The average Bonchev–Trinajstić information content (AvgIpc) is 2.89. The molecule has 0 aromatic heterocycles. The van der Waals surface area contributed by atoms with Crippen molar-refractivity contribution in [3.05, 3.63) is 30.0 Å². The first-order chi connectivity index (χ1) is 11.7. The molecular formula is C21H34O4. The van der Waals surface area contributed by atoms with Gasteiger partial charge in [0.05, 0.1) is 30.3 Å². The lowest BCUT2D eigenvalue weighted by Gasteiger charge is -2.25. The van der Waals surface area contributed by atoms with Crippen LogP contribution in [0.25, 0.3) is 0 Å². The first-order valence-corrected chi connectivity index (χ1v) is 9.23. The van der Waals surface area contributed by atoms with E-state index >= 15 is 0 Å². The maximum Gasteiger partial charge on any atom is 0.311 e. The average molecular weight is 350 g/mol. The zero-order valence-electron chi connectivity index (χ0n) is 16.3. The number of carbonyl (C=O) groups is 1. The van der Waals surface area contributed by atoms with Crippen LogP contribution >= 0.6 is 0 Å². The quantitative estimate of drug-likeness (QED) is 0.362. The van der Waals surface area contributed by atoms with Gasteiger partial charge < -0.3 is 14.6 Å². The minimum Gasteiger partial charge on any atom is -0.465 e. The minimum absolute atomic E-state index is 0.0198. The Morgan fingerprint density at radius 1 is 1.52 bits per heavy atom. The van der Waals surface area contributed by atoms with E-state index in [1.165, 1.54) is 0 Å². The highest BCUT2D eigenvalue weighted by molar-refractivity contribution is 5.75. The molecule has 0 aromatic rings. The maximum absolute atomic E-state index is 12.2. The van der Waals surface area contributed by atoms with E-state index in [1.807, 2.05) is 27.7 Å². The normalized spacial score (nSPS) is 21.7. The number of aliphatic hydroxyl groups excluding tert-OH is 1. The predicted molar refractivity (Wildman–Crippen MR) is 100 cm³/mol. The second kappa shape index (κ2) is 9.96. The largest absolute Gasteiger partial charge is 0.465 e. The molecule has 0 saturated carbocycles. The van der Waals surface area contributed by atoms with Crippen LogP contribution in [0.1, 0.15) is 66.2 Å². The Bertz CT molecular complexity index is 514. The van der Waals surface area contributed by atoms with Crippen LogP contribution in [0.5, 0.6) is 0 Å². The molecule has 4 nitrogen and oxygen atoms in total. The second-order valence-corrected chi connectivity index (χ2v) is 7.73. The lowest BCUT2D eigenvalue weighted by atomic mass is 9.85. The van der Waals surface area contributed by atoms with Crippen LogP contribution in [-0.2, 0) is 14.3 Å². The Hall–Kier alpha value is -1.35. The summed E-state index contributed by atoms with van der Waals surface area (Å²) < 4.78 is 11.4. The molecule has 142 valence electrons. The van der Waals surface area contributed by atoms with Crippen LogP contribution in [0.15, 0.2) is 30.0 Å². The first-order valence-electron chi connectivity index (χ1n) is 9.23. The minimum atomic E-state index is -0.569. The first kappa shape index (κ1) is 21.7. The molecule has 0 aliphatic carbocycles. The van der Waals surface area contributed by atoms with Crippen molar-refractivity contribution in [2.24, 2.45) is 5.41 Å². The van der Waals surface area contributed by atoms with Gasteiger partial charge in [-0.05, 0) is 64.0 Å². The zero-order chi connectivity index (χ0) is 19.0. The van der Waals surface area contributed by atoms with Crippen molar-refractivity contribution in [1.29, 1.82) is 0 Å². The molecule has 1 aliphatic rings. The van der Waals surface area contributed by atoms with E-state index in [9.17, 15) is 9.90 Å². The van der Waals surface area contributed by atoms with E-state index in [-0.39, 0.29) is 18.2 Å². The molecule has 0 radical (unpaired) electrons. The van der Waals surface area contributed by atoms with Crippen LogP contribution in [-0.4, -0.2) is 36.0 Å². The van der Waals surface area contributed by atoms with E-state index in [1.54, 1.807) is 0 Å². The standard InChI is InChI=1S/C21H34O4/c1-7-11-24-20(23)21(5,6)14-18-13-16(4)19(25-18)10-9-17(22)12-15(3)8-2/h17-19,22H,2,4,7,9-14H2,1,3,5-6H3/t17?,18-,19-/m0/s1. The van der Waals surface area contributed by atoms with Gasteiger partial charge in [0.15, 0.2) is 0 Å². The Labute approximate surface area is 152 Å². The molecule has 1 rings (SSSR count). The Kier molecular flexibility index (Phi) is 8.64. The smallest absolute Gasteiger partial charge is 0.311 e. The SMILES string of the molecule is C=C=C(C)CC(O)CC[C@@H]1O[C@H](CC(C)(C)C(=O)OCCC)CC1=C. The number of aliphatic hydroxyl groups is 1. The third kappa shape index (κ3) is 7.19. The fourth-order valence-electron chi connectivity index (χ4n) is 3.11. The lowest BCUT2D eigenvalue weighted by Crippen LogP contribution is -2.31. The third-order valence-corrected chi connectivity index (χ3v) is 4.64. The summed E-state index contributed by atoms with van der Waals surface area (Å²) in [5.74, 6) is -0.172. The van der Waals surface area contributed by atoms with Crippen molar-refractivity contribution < 1.29 is 19.4 Å². The van der Waals surface area contributed by atoms with Crippen molar-refractivity contribution in [2.45, 2.75) is 84.5 Å². The van der Waals surface area contributed by atoms with Crippen LogP contribution in [0.2, 0.25) is 0 Å². The molecule has 0 aromatic carbocycles. The van der Waals surface area contributed by atoms with Gasteiger partial charge in [0.2, 0.25) is 0 Å². The Morgan fingerprint density at radius 3 is 2.80 bits per heavy atom. The van der Waals surface area contributed by atoms with E-state index in [0.717, 1.165) is 30.4 Å². The lowest BCUT2D eigenvalue weighted by molar-refractivity contribution is -0.156. The van der Waals surface area contributed by atoms with Gasteiger partial charge in [0.1, 0.15) is 0 Å². The van der Waals surface area contributed by atoms with Crippen LogP contribution in [0.4, 0.5) is 0 Å². The molecule has 1 saturated heterocycles. The summed E-state index contributed by atoms with van der Waals surface area (Å²) in [7, 11) is 0. The Morgan fingerprint density at radius 2 is 2.20 bits per heavy atom. The van der Waals surface area contributed by atoms with Crippen molar-refractivity contribution in [1.82, 2.24) is 0 Å². The molecule has 25 heavy (non-hydrogen) atoms. The topological polar surface area (TPSA) is 55.8 Å². The van der Waals surface area contributed by atoms with Crippen molar-refractivity contribution in [2.75, 3.05) is 6.61 Å². The summed E-state index contributed by atoms with van der Waals surface area (Å²) in [6, 6.07) is 0. The van der Waals surface area contributed by atoms with Crippen LogP contribution in [0.3, 0.4) is 0 Å². The second-order valence-electron chi connectivity index (χ2n) is 7.73. The number of hydrogen-bond acceptors (Lipinski definition) is 4. The number of hydrogen-bond donors (Lipinski definition) is 1. The monoisotopic (exact) mass is 350 g/mol. The van der Waals surface area contributed by atoms with E-state index < -0.39 is 11.5 Å². The third-order valence-electron chi connectivity index (χ3n) is 4.64. The fraction of sp³-hybridized carbons (Fsp3) is 0.714. The summed E-state index contributed by atoms with van der Waals surface area (Å²) in [6.45, 7) is 15.9. The molecule has 1 heterocycles. The highest BCUT2D eigenvalue weighted by atomic mass is 16.5. The van der Waals surface area contributed by atoms with Gasteiger partial charge in [-0.1, -0.05) is 20.1 Å². The molecule has 3 atom stereocenters. The van der Waals surface area contributed by atoms with Gasteiger partial charge in [-0.15, -0.1) is 5.73 Å². The van der Waals surface area contributed by atoms with Gasteiger partial charge in [-0.2, -0.15) is 0 Å². The van der Waals surface area contributed by atoms with E-state index in [2.05, 4.69) is 18.9 Å². The summed E-state index contributed by atoms with van der Waals surface area (Å²) >= 11 is 0. The Balaban J connectivity index is 2.47. The highest BCUT2D eigenvalue weighted by Gasteiger charge is 2.37. The molecule has 1 unspecified atom stereocenters. The molecule has 1 fully saturated rings. The van der Waals surface area contributed by atoms with E-state index in [0.29, 0.717) is 25.9 Å². The molecule has 0 spiro atoms. The van der Waals surface area contributed by atoms with Crippen LogP contribution in [0, 0.1) is 5.41 Å². The predicted octanol–water partition coefficient (Wildman–Crippen LogP) is 4.33. The molecule has 4 heteroatoms. The number of rotatable bonds is 10. The molecule has 0 amide bonds. The fourth-order valence-corrected chi connectivity index (χ4v) is 3.11.